The number of benzene rings is 1. The number of hydrogen-bond acceptors (Lipinski definition) is 3. The van der Waals surface area contributed by atoms with Crippen molar-refractivity contribution in [3.8, 4) is 0 Å². The minimum absolute atomic E-state index is 0.197. The van der Waals surface area contributed by atoms with Gasteiger partial charge in [-0.05, 0) is 43.2 Å². The van der Waals surface area contributed by atoms with Gasteiger partial charge in [0.15, 0.2) is 5.69 Å². The number of fused-ring (bicyclic) bond motifs is 2. The van der Waals surface area contributed by atoms with Gasteiger partial charge in [0.2, 0.25) is 0 Å². The van der Waals surface area contributed by atoms with E-state index in [4.69, 9.17) is 0 Å². The number of nitrogens with zero attached hydrogens (tertiary/aromatic N) is 3. The standard InChI is InChI=1S/C18H15N3O3/c1-11-14-6-2-3-9-21(14)19-16(11)17(22)20-10-8-12-13(18(23)24)5-4-7-15(12)20/h2-7,9H,8,10H2,1H3,(H,23,24). The van der Waals surface area contributed by atoms with Gasteiger partial charge in [-0.15, -0.1) is 0 Å². The minimum Gasteiger partial charge on any atom is -0.478 e. The third-order valence-corrected chi connectivity index (χ3v) is 4.49. The van der Waals surface area contributed by atoms with Crippen molar-refractivity contribution in [1.82, 2.24) is 9.61 Å². The second kappa shape index (κ2) is 5.19. The number of amides is 1. The predicted octanol–water partition coefficient (Wildman–Crippen LogP) is 2.54. The van der Waals surface area contributed by atoms with E-state index < -0.39 is 5.97 Å². The molecule has 24 heavy (non-hydrogen) atoms. The predicted molar refractivity (Wildman–Crippen MR) is 88.7 cm³/mol. The second-order valence-electron chi connectivity index (χ2n) is 5.82. The van der Waals surface area contributed by atoms with Gasteiger partial charge in [-0.25, -0.2) is 9.31 Å². The van der Waals surface area contributed by atoms with Crippen LogP contribution in [0.1, 0.15) is 32.0 Å². The highest BCUT2D eigenvalue weighted by atomic mass is 16.4. The lowest BCUT2D eigenvalue weighted by Gasteiger charge is -2.16. The molecule has 0 bridgehead atoms. The van der Waals surface area contributed by atoms with E-state index in [0.717, 1.165) is 11.1 Å². The molecule has 0 unspecified atom stereocenters. The smallest absolute Gasteiger partial charge is 0.336 e. The third-order valence-electron chi connectivity index (χ3n) is 4.49. The number of carboxylic acid groups (broad SMARTS) is 1. The number of carbonyl (C=O) groups is 2. The Bertz CT molecular complexity index is 990. The summed E-state index contributed by atoms with van der Waals surface area (Å²) in [6.07, 6.45) is 2.34. The molecule has 1 aromatic carbocycles. The van der Waals surface area contributed by atoms with Crippen molar-refractivity contribution in [2.75, 3.05) is 11.4 Å². The molecule has 1 N–H and O–H groups in total. The van der Waals surface area contributed by atoms with Gasteiger partial charge in [0, 0.05) is 24.0 Å². The van der Waals surface area contributed by atoms with Crippen LogP contribution in [-0.2, 0) is 6.42 Å². The maximum Gasteiger partial charge on any atom is 0.336 e. The lowest BCUT2D eigenvalue weighted by Crippen LogP contribution is -2.29. The lowest BCUT2D eigenvalue weighted by molar-refractivity contribution is 0.0695. The molecular formula is C18H15N3O3. The van der Waals surface area contributed by atoms with E-state index >= 15 is 0 Å². The van der Waals surface area contributed by atoms with Crippen molar-refractivity contribution in [2.45, 2.75) is 13.3 Å². The highest BCUT2D eigenvalue weighted by Crippen LogP contribution is 2.32. The summed E-state index contributed by atoms with van der Waals surface area (Å²) in [5.74, 6) is -1.16. The molecule has 2 aromatic heterocycles. The second-order valence-corrected chi connectivity index (χ2v) is 5.82. The molecule has 0 atom stereocenters. The molecule has 3 aromatic rings. The molecule has 0 saturated carbocycles. The first kappa shape index (κ1) is 14.4. The van der Waals surface area contributed by atoms with E-state index in [1.54, 1.807) is 33.8 Å². The largest absolute Gasteiger partial charge is 0.478 e. The summed E-state index contributed by atoms with van der Waals surface area (Å²) in [6, 6.07) is 10.7. The lowest BCUT2D eigenvalue weighted by atomic mass is 10.1. The van der Waals surface area contributed by atoms with E-state index in [1.807, 2.05) is 25.1 Å². The van der Waals surface area contributed by atoms with E-state index in [2.05, 4.69) is 5.10 Å². The summed E-state index contributed by atoms with van der Waals surface area (Å²) in [5, 5.41) is 13.7. The average molecular weight is 321 g/mol. The number of aryl methyl sites for hydroxylation is 1. The fraction of sp³-hybridized carbons (Fsp3) is 0.167. The highest BCUT2D eigenvalue weighted by Gasteiger charge is 2.31. The van der Waals surface area contributed by atoms with E-state index in [-0.39, 0.29) is 11.5 Å². The topological polar surface area (TPSA) is 74.9 Å². The molecule has 0 aliphatic carbocycles. The summed E-state index contributed by atoms with van der Waals surface area (Å²) >= 11 is 0. The summed E-state index contributed by atoms with van der Waals surface area (Å²) in [5.41, 5.74) is 3.74. The number of hydrogen-bond donors (Lipinski definition) is 1. The summed E-state index contributed by atoms with van der Waals surface area (Å²) in [6.45, 7) is 2.34. The van der Waals surface area contributed by atoms with Crippen molar-refractivity contribution in [3.05, 3.63) is 65.0 Å². The quantitative estimate of drug-likeness (QED) is 0.787. The average Bonchev–Trinajstić information content (AvgIpc) is 3.16. The molecule has 120 valence electrons. The fourth-order valence-corrected chi connectivity index (χ4v) is 3.30. The Kier molecular flexibility index (Phi) is 3.13. The Labute approximate surface area is 137 Å². The monoisotopic (exact) mass is 321 g/mol. The van der Waals surface area contributed by atoms with Crippen LogP contribution in [-0.4, -0.2) is 33.1 Å². The molecule has 0 spiro atoms. The molecule has 6 heteroatoms. The van der Waals surface area contributed by atoms with E-state index in [9.17, 15) is 14.7 Å². The van der Waals surface area contributed by atoms with Gasteiger partial charge in [0.1, 0.15) is 0 Å². The van der Waals surface area contributed by atoms with Gasteiger partial charge < -0.3 is 10.0 Å². The summed E-state index contributed by atoms with van der Waals surface area (Å²) < 4.78 is 1.69. The molecule has 0 fully saturated rings. The zero-order valence-corrected chi connectivity index (χ0v) is 13.1. The molecule has 0 radical (unpaired) electrons. The van der Waals surface area contributed by atoms with Crippen molar-refractivity contribution >= 4 is 23.1 Å². The van der Waals surface area contributed by atoms with Crippen LogP contribution >= 0.6 is 0 Å². The molecule has 0 saturated heterocycles. The van der Waals surface area contributed by atoms with Crippen LogP contribution in [0, 0.1) is 6.92 Å². The van der Waals surface area contributed by atoms with Crippen LogP contribution in [0.4, 0.5) is 5.69 Å². The zero-order chi connectivity index (χ0) is 16.8. The number of aromatic carboxylic acids is 1. The molecule has 3 heterocycles. The Hall–Kier alpha value is -3.15. The first-order valence-corrected chi connectivity index (χ1v) is 7.69. The van der Waals surface area contributed by atoms with Crippen LogP contribution in [0.25, 0.3) is 5.52 Å². The number of pyridine rings is 1. The van der Waals surface area contributed by atoms with Crippen molar-refractivity contribution in [1.29, 1.82) is 0 Å². The zero-order valence-electron chi connectivity index (χ0n) is 13.1. The van der Waals surface area contributed by atoms with Crippen molar-refractivity contribution in [2.24, 2.45) is 0 Å². The van der Waals surface area contributed by atoms with Crippen LogP contribution in [0.2, 0.25) is 0 Å². The van der Waals surface area contributed by atoms with Gasteiger partial charge in [-0.3, -0.25) is 4.79 Å². The molecule has 6 nitrogen and oxygen atoms in total. The number of carboxylic acids is 1. The maximum atomic E-state index is 13.0. The Morgan fingerprint density at radius 1 is 1.17 bits per heavy atom. The first-order valence-electron chi connectivity index (χ1n) is 7.69. The van der Waals surface area contributed by atoms with Crippen LogP contribution in [0.5, 0.6) is 0 Å². The van der Waals surface area contributed by atoms with Gasteiger partial charge in [0.05, 0.1) is 11.1 Å². The van der Waals surface area contributed by atoms with Gasteiger partial charge in [-0.1, -0.05) is 12.1 Å². The summed E-state index contributed by atoms with van der Waals surface area (Å²) in [7, 11) is 0. The van der Waals surface area contributed by atoms with Crippen LogP contribution < -0.4 is 4.90 Å². The first-order chi connectivity index (χ1) is 11.6. The van der Waals surface area contributed by atoms with Gasteiger partial charge in [0.25, 0.3) is 5.91 Å². The van der Waals surface area contributed by atoms with Crippen LogP contribution in [0.15, 0.2) is 42.6 Å². The Morgan fingerprint density at radius 3 is 2.75 bits per heavy atom. The number of aromatic nitrogens is 2. The minimum atomic E-state index is -0.968. The Balaban J connectivity index is 1.79. The van der Waals surface area contributed by atoms with Crippen molar-refractivity contribution < 1.29 is 14.7 Å². The van der Waals surface area contributed by atoms with Crippen LogP contribution in [0.3, 0.4) is 0 Å². The molecule has 1 aliphatic heterocycles. The van der Waals surface area contributed by atoms with Gasteiger partial charge in [-0.2, -0.15) is 5.10 Å². The van der Waals surface area contributed by atoms with E-state index in [1.165, 1.54) is 0 Å². The Morgan fingerprint density at radius 2 is 2.00 bits per heavy atom. The normalized spacial score (nSPS) is 13.3. The number of carbonyl (C=O) groups excluding carboxylic acids is 1. The fourth-order valence-electron chi connectivity index (χ4n) is 3.30. The molecular weight excluding hydrogens is 306 g/mol. The maximum absolute atomic E-state index is 13.0. The molecule has 1 aliphatic rings. The SMILES string of the molecule is Cc1c(C(=O)N2CCc3c(C(=O)O)cccc32)nn2ccccc12. The summed E-state index contributed by atoms with van der Waals surface area (Å²) in [4.78, 5) is 26.0. The van der Waals surface area contributed by atoms with Gasteiger partial charge >= 0.3 is 5.97 Å². The van der Waals surface area contributed by atoms with E-state index in [0.29, 0.717) is 29.9 Å². The molecule has 4 rings (SSSR count). The number of anilines is 1. The van der Waals surface area contributed by atoms with Crippen molar-refractivity contribution in [3.63, 3.8) is 0 Å². The molecule has 1 amide bonds. The number of rotatable bonds is 2. The highest BCUT2D eigenvalue weighted by molar-refractivity contribution is 6.08. The third kappa shape index (κ3) is 2.00.